The van der Waals surface area contributed by atoms with Crippen LogP contribution in [0.1, 0.15) is 87.8 Å². The smallest absolute Gasteiger partial charge is 0.0756 e. The lowest BCUT2D eigenvalue weighted by Crippen LogP contribution is -2.56. The van der Waals surface area contributed by atoms with Gasteiger partial charge in [0, 0.05) is 6.42 Å². The number of fused-ring (bicyclic) bond motifs is 7. The van der Waals surface area contributed by atoms with Crippen LogP contribution in [0.3, 0.4) is 0 Å². The van der Waals surface area contributed by atoms with Crippen LogP contribution < -0.4 is 0 Å². The maximum atomic E-state index is 11.9. The van der Waals surface area contributed by atoms with Gasteiger partial charge in [-0.2, -0.15) is 0 Å². The van der Waals surface area contributed by atoms with Gasteiger partial charge in [0.15, 0.2) is 0 Å². The van der Waals surface area contributed by atoms with Crippen LogP contribution in [0.2, 0.25) is 0 Å². The third-order valence-corrected chi connectivity index (χ3v) is 9.70. The molecule has 1 aromatic rings. The molecule has 0 spiro atoms. The highest BCUT2D eigenvalue weighted by molar-refractivity contribution is 5.39. The number of aliphatic hydroxyl groups excluding tert-OH is 1. The molecule has 2 heteroatoms. The summed E-state index contributed by atoms with van der Waals surface area (Å²) < 4.78 is 0. The number of aliphatic hydroxyl groups is 2. The number of hydrogen-bond acceptors (Lipinski definition) is 2. The van der Waals surface area contributed by atoms with Crippen molar-refractivity contribution in [3.63, 3.8) is 0 Å². The van der Waals surface area contributed by atoms with Crippen molar-refractivity contribution in [3.8, 4) is 0 Å². The Balaban J connectivity index is 1.57. The Morgan fingerprint density at radius 1 is 1.18 bits per heavy atom. The van der Waals surface area contributed by atoms with Crippen LogP contribution in [0.15, 0.2) is 18.2 Å². The lowest BCUT2D eigenvalue weighted by molar-refractivity contribution is -0.160. The van der Waals surface area contributed by atoms with Gasteiger partial charge in [0.05, 0.1) is 11.7 Å². The predicted molar refractivity (Wildman–Crippen MR) is 113 cm³/mol. The second kappa shape index (κ2) is 6.57. The van der Waals surface area contributed by atoms with Crippen molar-refractivity contribution < 1.29 is 10.2 Å². The molecule has 154 valence electrons. The molecule has 4 aliphatic rings. The zero-order valence-corrected chi connectivity index (χ0v) is 18.0. The van der Waals surface area contributed by atoms with Crippen molar-refractivity contribution >= 4 is 0 Å². The predicted octanol–water partition coefficient (Wildman–Crippen LogP) is 5.38. The quantitative estimate of drug-likeness (QED) is 0.721. The summed E-state index contributed by atoms with van der Waals surface area (Å²) in [5, 5.41) is 22.3. The fraction of sp³-hybridized carbons (Fsp3) is 0.769. The van der Waals surface area contributed by atoms with Gasteiger partial charge in [-0.1, -0.05) is 50.5 Å². The Bertz CT molecular complexity index is 757. The molecular weight excluding hydrogens is 344 g/mol. The molecule has 0 saturated heterocycles. The lowest BCUT2D eigenvalue weighted by Gasteiger charge is -2.56. The minimum atomic E-state index is -0.648. The van der Waals surface area contributed by atoms with Crippen LogP contribution in [0.4, 0.5) is 0 Å². The highest BCUT2D eigenvalue weighted by Crippen LogP contribution is 2.69. The van der Waals surface area contributed by atoms with E-state index >= 15 is 0 Å². The molecular formula is C26H38O2. The fourth-order valence-electron chi connectivity index (χ4n) is 8.45. The van der Waals surface area contributed by atoms with Gasteiger partial charge in [0.1, 0.15) is 0 Å². The molecule has 0 bridgehead atoms. The summed E-state index contributed by atoms with van der Waals surface area (Å²) >= 11 is 0. The van der Waals surface area contributed by atoms with Crippen LogP contribution in [0.25, 0.3) is 0 Å². The minimum Gasteiger partial charge on any atom is -0.393 e. The zero-order chi connectivity index (χ0) is 19.7. The van der Waals surface area contributed by atoms with E-state index in [9.17, 15) is 10.2 Å². The van der Waals surface area contributed by atoms with Gasteiger partial charge in [-0.15, -0.1) is 0 Å². The molecule has 0 radical (unpaired) electrons. The van der Waals surface area contributed by atoms with Crippen LogP contribution >= 0.6 is 0 Å². The normalized spacial score (nSPS) is 47.0. The van der Waals surface area contributed by atoms with Gasteiger partial charge < -0.3 is 10.2 Å². The molecule has 4 aliphatic carbocycles. The molecule has 2 N–H and O–H groups in total. The minimum absolute atomic E-state index is 0.0194. The molecule has 3 unspecified atom stereocenters. The van der Waals surface area contributed by atoms with E-state index in [1.54, 1.807) is 11.1 Å². The molecule has 5 rings (SSSR count). The Morgan fingerprint density at radius 2 is 2.00 bits per heavy atom. The summed E-state index contributed by atoms with van der Waals surface area (Å²) in [5.41, 5.74) is 3.95. The topological polar surface area (TPSA) is 40.5 Å². The first-order valence-electron chi connectivity index (χ1n) is 11.9. The van der Waals surface area contributed by atoms with Crippen LogP contribution in [0.5, 0.6) is 0 Å². The van der Waals surface area contributed by atoms with Crippen LogP contribution in [-0.2, 0) is 6.42 Å². The van der Waals surface area contributed by atoms with Gasteiger partial charge in [0.25, 0.3) is 0 Å². The second-order valence-electron chi connectivity index (χ2n) is 11.0. The fourth-order valence-corrected chi connectivity index (χ4v) is 8.45. The molecule has 1 aromatic carbocycles. The first-order chi connectivity index (χ1) is 13.4. The van der Waals surface area contributed by atoms with E-state index in [1.807, 2.05) is 0 Å². The van der Waals surface area contributed by atoms with E-state index in [0.717, 1.165) is 25.2 Å². The van der Waals surface area contributed by atoms with Crippen molar-refractivity contribution in [2.75, 3.05) is 0 Å². The zero-order valence-electron chi connectivity index (χ0n) is 18.0. The number of rotatable bonds is 2. The number of hydrogen-bond donors (Lipinski definition) is 2. The summed E-state index contributed by atoms with van der Waals surface area (Å²) in [4.78, 5) is 0. The van der Waals surface area contributed by atoms with Crippen molar-refractivity contribution in [1.82, 2.24) is 0 Å². The van der Waals surface area contributed by atoms with E-state index in [4.69, 9.17) is 0 Å². The SMILES string of the molecule is CCC[C@@H]1Cc2cc(C)ccc2C2CC[C@@]3(C)C(C[C@H]4CC[C@H](O)C[C@]43O)C21. The van der Waals surface area contributed by atoms with Gasteiger partial charge in [-0.05, 0) is 91.6 Å². The highest BCUT2D eigenvalue weighted by Gasteiger charge is 2.67. The van der Waals surface area contributed by atoms with Gasteiger partial charge in [-0.25, -0.2) is 0 Å². The van der Waals surface area contributed by atoms with Gasteiger partial charge in [0.2, 0.25) is 0 Å². The summed E-state index contributed by atoms with van der Waals surface area (Å²) in [6.07, 6.45) is 9.49. The Labute approximate surface area is 170 Å². The summed E-state index contributed by atoms with van der Waals surface area (Å²) in [7, 11) is 0. The Morgan fingerprint density at radius 3 is 2.79 bits per heavy atom. The molecule has 28 heavy (non-hydrogen) atoms. The first kappa shape index (κ1) is 19.1. The molecule has 0 amide bonds. The van der Waals surface area contributed by atoms with Crippen molar-refractivity contribution in [1.29, 1.82) is 0 Å². The molecule has 0 heterocycles. The second-order valence-corrected chi connectivity index (χ2v) is 11.0. The largest absolute Gasteiger partial charge is 0.393 e. The van der Waals surface area contributed by atoms with E-state index in [0.29, 0.717) is 30.1 Å². The van der Waals surface area contributed by atoms with Crippen molar-refractivity contribution in [2.45, 2.75) is 96.2 Å². The van der Waals surface area contributed by atoms with Crippen LogP contribution in [0, 0.1) is 36.0 Å². The van der Waals surface area contributed by atoms with E-state index in [-0.39, 0.29) is 11.5 Å². The third-order valence-electron chi connectivity index (χ3n) is 9.70. The summed E-state index contributed by atoms with van der Waals surface area (Å²) in [6, 6.07) is 7.18. The average molecular weight is 383 g/mol. The molecule has 2 nitrogen and oxygen atoms in total. The van der Waals surface area contributed by atoms with Crippen molar-refractivity contribution in [3.05, 3.63) is 34.9 Å². The van der Waals surface area contributed by atoms with Gasteiger partial charge in [-0.3, -0.25) is 0 Å². The maximum absolute atomic E-state index is 11.9. The molecule has 3 fully saturated rings. The molecule has 8 atom stereocenters. The first-order valence-corrected chi connectivity index (χ1v) is 11.9. The molecule has 0 aromatic heterocycles. The molecule has 3 saturated carbocycles. The standard InChI is InChI=1S/C26H38O2/c1-4-5-17-13-18-12-16(2)6-9-21(18)22-10-11-25(3)23(24(17)22)14-19-7-8-20(27)15-26(19,25)28/h6,9,12,17,19-20,22-24,27-28H,4-5,7-8,10-11,13-15H2,1-3H3/t17-,19-,20+,22?,23?,24?,25+,26+/m1/s1. The van der Waals surface area contributed by atoms with E-state index < -0.39 is 5.60 Å². The Kier molecular flexibility index (Phi) is 4.49. The molecule has 0 aliphatic heterocycles. The summed E-state index contributed by atoms with van der Waals surface area (Å²) in [6.45, 7) is 6.95. The highest BCUT2D eigenvalue weighted by atomic mass is 16.3. The van der Waals surface area contributed by atoms with Crippen molar-refractivity contribution in [2.24, 2.45) is 29.1 Å². The monoisotopic (exact) mass is 382 g/mol. The van der Waals surface area contributed by atoms with E-state index in [2.05, 4.69) is 39.0 Å². The third kappa shape index (κ3) is 2.53. The van der Waals surface area contributed by atoms with Gasteiger partial charge >= 0.3 is 0 Å². The van der Waals surface area contributed by atoms with E-state index in [1.165, 1.54) is 37.7 Å². The number of benzene rings is 1. The average Bonchev–Trinajstić information content (AvgIpc) is 2.88. The Hall–Kier alpha value is -0.860. The summed E-state index contributed by atoms with van der Waals surface area (Å²) in [5.74, 6) is 3.14. The number of aryl methyl sites for hydroxylation is 1. The lowest BCUT2D eigenvalue weighted by atomic mass is 9.49. The van der Waals surface area contributed by atoms with Crippen LogP contribution in [-0.4, -0.2) is 21.9 Å². The maximum Gasteiger partial charge on any atom is 0.0756 e.